The van der Waals surface area contributed by atoms with Gasteiger partial charge in [-0.3, -0.25) is 9.69 Å². The van der Waals surface area contributed by atoms with Gasteiger partial charge in [-0.15, -0.1) is 0 Å². The Morgan fingerprint density at radius 3 is 1.91 bits per heavy atom. The van der Waals surface area contributed by atoms with E-state index in [9.17, 15) is 13.6 Å². The van der Waals surface area contributed by atoms with Crippen LogP contribution in [0.5, 0.6) is 0 Å². The van der Waals surface area contributed by atoms with Crippen molar-refractivity contribution in [3.63, 3.8) is 0 Å². The van der Waals surface area contributed by atoms with Crippen LogP contribution in [0.15, 0.2) is 78.9 Å². The largest absolute Gasteiger partial charge is 0.347 e. The monoisotopic (exact) mass is 432 g/mol. The van der Waals surface area contributed by atoms with Crippen LogP contribution in [0.4, 0.5) is 8.78 Å². The molecule has 32 heavy (non-hydrogen) atoms. The smallest absolute Gasteiger partial charge is 0.251 e. The maximum atomic E-state index is 13.7. The summed E-state index contributed by atoms with van der Waals surface area (Å²) in [6.45, 7) is 1.99. The minimum Gasteiger partial charge on any atom is -0.347 e. The Bertz CT molecular complexity index is 1020. The molecule has 0 saturated carbocycles. The van der Waals surface area contributed by atoms with E-state index >= 15 is 0 Å². The summed E-state index contributed by atoms with van der Waals surface area (Å²) in [5.41, 5.74) is 2.42. The average molecular weight is 433 g/mol. The van der Waals surface area contributed by atoms with E-state index in [1.807, 2.05) is 36.4 Å². The molecule has 2 bridgehead atoms. The Hall–Kier alpha value is -3.05. The zero-order chi connectivity index (χ0) is 22.1. The number of piperidine rings is 3. The van der Waals surface area contributed by atoms with Gasteiger partial charge in [0.1, 0.15) is 11.6 Å². The van der Waals surface area contributed by atoms with Crippen LogP contribution in [0.1, 0.15) is 40.2 Å². The summed E-state index contributed by atoms with van der Waals surface area (Å²) in [6, 6.07) is 23.7. The third-order valence-corrected chi connectivity index (χ3v) is 6.95. The Morgan fingerprint density at radius 1 is 0.844 bits per heavy atom. The van der Waals surface area contributed by atoms with Gasteiger partial charge in [-0.25, -0.2) is 8.78 Å². The lowest BCUT2D eigenvalue weighted by Gasteiger charge is -2.54. The molecule has 0 spiro atoms. The zero-order valence-corrected chi connectivity index (χ0v) is 17.8. The third-order valence-electron chi connectivity index (χ3n) is 6.95. The van der Waals surface area contributed by atoms with Crippen molar-refractivity contribution in [2.24, 2.45) is 5.92 Å². The molecule has 3 aromatic rings. The molecule has 3 aliphatic heterocycles. The second-order valence-electron chi connectivity index (χ2n) is 8.82. The van der Waals surface area contributed by atoms with Gasteiger partial charge in [-0.05, 0) is 55.1 Å². The molecule has 3 heterocycles. The lowest BCUT2D eigenvalue weighted by atomic mass is 9.70. The van der Waals surface area contributed by atoms with Crippen LogP contribution in [-0.4, -0.2) is 36.0 Å². The number of carbonyl (C=O) groups is 1. The van der Waals surface area contributed by atoms with Crippen molar-refractivity contribution in [1.29, 1.82) is 0 Å². The summed E-state index contributed by atoms with van der Waals surface area (Å²) in [5.74, 6) is -1.50. The van der Waals surface area contributed by atoms with E-state index in [-0.39, 0.29) is 23.6 Å². The topological polar surface area (TPSA) is 32.3 Å². The Kier molecular flexibility index (Phi) is 5.75. The number of nitrogens with one attached hydrogen (secondary N) is 1. The van der Waals surface area contributed by atoms with Gasteiger partial charge in [0.15, 0.2) is 0 Å². The number of nitrogens with zero attached hydrogens (tertiary/aromatic N) is 1. The Morgan fingerprint density at radius 2 is 1.38 bits per heavy atom. The number of amides is 1. The predicted octanol–water partition coefficient (Wildman–Crippen LogP) is 4.99. The highest BCUT2D eigenvalue weighted by Crippen LogP contribution is 2.42. The first kappa shape index (κ1) is 20.8. The molecule has 164 valence electrons. The minimum atomic E-state index is -0.743. The number of fused-ring (bicyclic) bond motifs is 3. The zero-order valence-electron chi connectivity index (χ0n) is 17.8. The van der Waals surface area contributed by atoms with E-state index in [1.54, 1.807) is 0 Å². The number of hydrogen-bond acceptors (Lipinski definition) is 2. The Labute approximate surface area is 187 Å². The molecule has 1 amide bonds. The van der Waals surface area contributed by atoms with Crippen LogP contribution >= 0.6 is 0 Å². The molecule has 3 nitrogen and oxygen atoms in total. The average Bonchev–Trinajstić information content (AvgIpc) is 2.82. The van der Waals surface area contributed by atoms with Crippen molar-refractivity contribution in [3.05, 3.63) is 107 Å². The van der Waals surface area contributed by atoms with Gasteiger partial charge >= 0.3 is 0 Å². The van der Waals surface area contributed by atoms with E-state index in [2.05, 4.69) is 34.5 Å². The first-order valence-corrected chi connectivity index (χ1v) is 11.2. The SMILES string of the molecule is O=C(N[C@@H]1C2CCN(CC2)[C@H]1C(c1ccccc1)c1ccccc1)c1cc(F)cc(F)c1. The van der Waals surface area contributed by atoms with Crippen LogP contribution in [-0.2, 0) is 0 Å². The summed E-state index contributed by atoms with van der Waals surface area (Å²) in [5, 5.41) is 3.18. The van der Waals surface area contributed by atoms with Crippen molar-refractivity contribution in [1.82, 2.24) is 10.2 Å². The molecule has 3 aromatic carbocycles. The molecule has 1 N–H and O–H groups in total. The van der Waals surface area contributed by atoms with Gasteiger partial charge < -0.3 is 5.32 Å². The van der Waals surface area contributed by atoms with Gasteiger partial charge in [0.2, 0.25) is 0 Å². The van der Waals surface area contributed by atoms with Crippen molar-refractivity contribution in [3.8, 4) is 0 Å². The number of benzene rings is 3. The molecular formula is C27H26F2N2O. The fraction of sp³-hybridized carbons (Fsp3) is 0.296. The van der Waals surface area contributed by atoms with E-state index < -0.39 is 17.5 Å². The van der Waals surface area contributed by atoms with Gasteiger partial charge in [-0.1, -0.05) is 60.7 Å². The molecule has 0 unspecified atom stereocenters. The first-order valence-electron chi connectivity index (χ1n) is 11.2. The van der Waals surface area contributed by atoms with Crippen molar-refractivity contribution < 1.29 is 13.6 Å². The second kappa shape index (κ2) is 8.83. The Balaban J connectivity index is 1.53. The maximum Gasteiger partial charge on any atom is 0.251 e. The summed E-state index contributed by atoms with van der Waals surface area (Å²) in [6.07, 6.45) is 2.02. The third kappa shape index (κ3) is 4.05. The molecule has 6 rings (SSSR count). The van der Waals surface area contributed by atoms with E-state index in [0.29, 0.717) is 5.92 Å². The van der Waals surface area contributed by atoms with Crippen molar-refractivity contribution >= 4 is 5.91 Å². The number of carbonyl (C=O) groups excluding carboxylic acids is 1. The molecule has 0 aromatic heterocycles. The van der Waals surface area contributed by atoms with Gasteiger partial charge in [0.25, 0.3) is 5.91 Å². The van der Waals surface area contributed by atoms with Gasteiger partial charge in [0, 0.05) is 29.6 Å². The first-order chi connectivity index (χ1) is 15.6. The fourth-order valence-corrected chi connectivity index (χ4v) is 5.53. The highest BCUT2D eigenvalue weighted by atomic mass is 19.1. The number of hydrogen-bond donors (Lipinski definition) is 1. The summed E-state index contributed by atoms with van der Waals surface area (Å²) in [7, 11) is 0. The van der Waals surface area contributed by atoms with Crippen molar-refractivity contribution in [2.45, 2.75) is 30.8 Å². The van der Waals surface area contributed by atoms with Crippen LogP contribution in [0.3, 0.4) is 0 Å². The van der Waals surface area contributed by atoms with Crippen LogP contribution in [0, 0.1) is 17.6 Å². The fourth-order valence-electron chi connectivity index (χ4n) is 5.53. The highest BCUT2D eigenvalue weighted by molar-refractivity contribution is 5.94. The molecule has 3 fully saturated rings. The van der Waals surface area contributed by atoms with Gasteiger partial charge in [0.05, 0.1) is 0 Å². The summed E-state index contributed by atoms with van der Waals surface area (Å²) >= 11 is 0. The molecule has 3 saturated heterocycles. The van der Waals surface area contributed by atoms with Crippen LogP contribution < -0.4 is 5.32 Å². The molecule has 0 radical (unpaired) electrons. The molecule has 3 aliphatic rings. The quantitative estimate of drug-likeness (QED) is 0.616. The minimum absolute atomic E-state index is 0.0219. The second-order valence-corrected chi connectivity index (χ2v) is 8.82. The van der Waals surface area contributed by atoms with E-state index in [1.165, 1.54) is 11.1 Å². The highest BCUT2D eigenvalue weighted by Gasteiger charge is 2.47. The van der Waals surface area contributed by atoms with Crippen LogP contribution in [0.25, 0.3) is 0 Å². The number of halogens is 2. The normalized spacial score (nSPS) is 24.5. The summed E-state index contributed by atoms with van der Waals surface area (Å²) in [4.78, 5) is 15.5. The standard InChI is InChI=1S/C27H26F2N2O/c28-22-15-21(16-23(29)17-22)27(32)30-25-20-11-13-31(14-12-20)26(25)24(18-7-3-1-4-8-18)19-9-5-2-6-10-19/h1-10,15-17,20,24-26H,11-14H2,(H,30,32)/t25-,26+/m1/s1. The summed E-state index contributed by atoms with van der Waals surface area (Å²) < 4.78 is 27.5. The molecule has 5 heteroatoms. The number of rotatable bonds is 5. The molecular weight excluding hydrogens is 406 g/mol. The van der Waals surface area contributed by atoms with Crippen LogP contribution in [0.2, 0.25) is 0 Å². The maximum absolute atomic E-state index is 13.7. The molecule has 0 aliphatic carbocycles. The predicted molar refractivity (Wildman–Crippen MR) is 120 cm³/mol. The molecule has 2 atom stereocenters. The van der Waals surface area contributed by atoms with E-state index in [0.717, 1.165) is 44.1 Å². The lowest BCUT2D eigenvalue weighted by molar-refractivity contribution is 0.00615. The van der Waals surface area contributed by atoms with E-state index in [4.69, 9.17) is 0 Å². The van der Waals surface area contributed by atoms with Gasteiger partial charge in [-0.2, -0.15) is 0 Å². The lowest BCUT2D eigenvalue weighted by Crippen LogP contribution is -2.65. The van der Waals surface area contributed by atoms with Crippen molar-refractivity contribution in [2.75, 3.05) is 13.1 Å².